The molecule has 0 aliphatic carbocycles. The van der Waals surface area contributed by atoms with Crippen LogP contribution in [0.25, 0.3) is 0 Å². The Kier molecular flexibility index (Phi) is 7.20. The van der Waals surface area contributed by atoms with Crippen molar-refractivity contribution in [3.63, 3.8) is 0 Å². The molecule has 0 fully saturated rings. The van der Waals surface area contributed by atoms with E-state index >= 15 is 0 Å². The Morgan fingerprint density at radius 2 is 1.68 bits per heavy atom. The minimum Gasteiger partial charge on any atom is -0.350 e. The molecule has 0 saturated carbocycles. The second-order valence-electron chi connectivity index (χ2n) is 6.23. The molecule has 0 radical (unpaired) electrons. The van der Waals surface area contributed by atoms with Gasteiger partial charge >= 0.3 is 0 Å². The van der Waals surface area contributed by atoms with E-state index < -0.39 is 0 Å². The van der Waals surface area contributed by atoms with Gasteiger partial charge < -0.3 is 10.2 Å². The summed E-state index contributed by atoms with van der Waals surface area (Å²) < 4.78 is 0. The van der Waals surface area contributed by atoms with Crippen molar-refractivity contribution in [2.45, 2.75) is 33.2 Å². The van der Waals surface area contributed by atoms with Gasteiger partial charge in [0.1, 0.15) is 0 Å². The van der Waals surface area contributed by atoms with Crippen molar-refractivity contribution >= 4 is 11.8 Å². The minimum atomic E-state index is -0.127. The molecule has 0 spiro atoms. The molecule has 0 saturated heterocycles. The van der Waals surface area contributed by atoms with E-state index in [1.165, 1.54) is 12.5 Å². The fourth-order valence-corrected chi connectivity index (χ4v) is 2.70. The molecule has 0 heterocycles. The van der Waals surface area contributed by atoms with E-state index in [-0.39, 0.29) is 18.4 Å². The molecule has 2 aromatic carbocycles. The van der Waals surface area contributed by atoms with Gasteiger partial charge in [0.05, 0.1) is 6.54 Å². The molecule has 1 N–H and O–H groups in total. The third-order valence-electron chi connectivity index (χ3n) is 4.25. The summed E-state index contributed by atoms with van der Waals surface area (Å²) in [4.78, 5) is 25.6. The average molecular weight is 338 g/mol. The monoisotopic (exact) mass is 338 g/mol. The molecule has 2 aromatic rings. The first kappa shape index (κ1) is 18.7. The molecule has 0 unspecified atom stereocenters. The molecule has 4 nitrogen and oxygen atoms in total. The molecule has 0 aromatic heterocycles. The number of aryl methyl sites for hydroxylation is 2. The van der Waals surface area contributed by atoms with E-state index in [0.717, 1.165) is 24.0 Å². The lowest BCUT2D eigenvalue weighted by molar-refractivity contribution is -0.134. The van der Waals surface area contributed by atoms with Gasteiger partial charge in [-0.3, -0.25) is 9.59 Å². The second-order valence-corrected chi connectivity index (χ2v) is 6.23. The zero-order chi connectivity index (χ0) is 18.1. The maximum absolute atomic E-state index is 12.2. The Hall–Kier alpha value is -2.62. The summed E-state index contributed by atoms with van der Waals surface area (Å²) in [6, 6.07) is 18.1. The van der Waals surface area contributed by atoms with Crippen molar-refractivity contribution in [1.29, 1.82) is 0 Å². The van der Waals surface area contributed by atoms with Gasteiger partial charge in [-0.1, -0.05) is 54.6 Å². The molecule has 0 aliphatic rings. The van der Waals surface area contributed by atoms with Crippen LogP contribution in [-0.4, -0.2) is 29.8 Å². The van der Waals surface area contributed by atoms with Crippen molar-refractivity contribution in [2.75, 3.05) is 13.1 Å². The number of carbonyl (C=O) groups excluding carboxylic acids is 2. The van der Waals surface area contributed by atoms with Crippen molar-refractivity contribution in [2.24, 2.45) is 0 Å². The predicted molar refractivity (Wildman–Crippen MR) is 100 cm³/mol. The average Bonchev–Trinajstić information content (AvgIpc) is 2.61. The zero-order valence-corrected chi connectivity index (χ0v) is 15.0. The van der Waals surface area contributed by atoms with E-state index in [1.807, 2.05) is 49.4 Å². The Labute approximate surface area is 149 Å². The molecule has 0 bridgehead atoms. The van der Waals surface area contributed by atoms with Crippen LogP contribution in [0, 0.1) is 6.92 Å². The van der Waals surface area contributed by atoms with Gasteiger partial charge in [0.15, 0.2) is 0 Å². The van der Waals surface area contributed by atoms with Gasteiger partial charge in [-0.15, -0.1) is 0 Å². The fourth-order valence-electron chi connectivity index (χ4n) is 2.70. The Morgan fingerprint density at radius 1 is 1.00 bits per heavy atom. The van der Waals surface area contributed by atoms with Gasteiger partial charge in [0.25, 0.3) is 0 Å². The van der Waals surface area contributed by atoms with Crippen molar-refractivity contribution in [3.8, 4) is 0 Å². The summed E-state index contributed by atoms with van der Waals surface area (Å²) in [5.41, 5.74) is 3.48. The van der Waals surface area contributed by atoms with Crippen molar-refractivity contribution in [3.05, 3.63) is 71.3 Å². The maximum atomic E-state index is 12.2. The smallest absolute Gasteiger partial charge is 0.239 e. The van der Waals surface area contributed by atoms with E-state index in [1.54, 1.807) is 4.90 Å². The summed E-state index contributed by atoms with van der Waals surface area (Å²) in [7, 11) is 0. The predicted octanol–water partition coefficient (Wildman–Crippen LogP) is 3.09. The first-order valence-electron chi connectivity index (χ1n) is 8.67. The SMILES string of the molecule is CC(=O)N(CCCc1ccccc1)CC(=O)NCc1ccccc1C. The summed E-state index contributed by atoms with van der Waals surface area (Å²) in [6.45, 7) is 4.71. The summed E-state index contributed by atoms with van der Waals surface area (Å²) in [5.74, 6) is -0.197. The lowest BCUT2D eigenvalue weighted by Crippen LogP contribution is -2.40. The topological polar surface area (TPSA) is 49.4 Å². The van der Waals surface area contributed by atoms with Crippen LogP contribution in [0.3, 0.4) is 0 Å². The first-order valence-corrected chi connectivity index (χ1v) is 8.67. The lowest BCUT2D eigenvalue weighted by Gasteiger charge is -2.20. The number of amides is 2. The van der Waals surface area contributed by atoms with Gasteiger partial charge in [0, 0.05) is 20.0 Å². The molecule has 0 atom stereocenters. The van der Waals surface area contributed by atoms with Gasteiger partial charge in [-0.25, -0.2) is 0 Å². The summed E-state index contributed by atoms with van der Waals surface area (Å²) in [5, 5.41) is 2.90. The van der Waals surface area contributed by atoms with E-state index in [4.69, 9.17) is 0 Å². The lowest BCUT2D eigenvalue weighted by atomic mass is 10.1. The highest BCUT2D eigenvalue weighted by atomic mass is 16.2. The second kappa shape index (κ2) is 9.62. The normalized spacial score (nSPS) is 10.3. The molecule has 4 heteroatoms. The third-order valence-corrected chi connectivity index (χ3v) is 4.25. The highest BCUT2D eigenvalue weighted by Crippen LogP contribution is 2.06. The molecule has 2 rings (SSSR count). The minimum absolute atomic E-state index is 0.0703. The summed E-state index contributed by atoms with van der Waals surface area (Å²) >= 11 is 0. The Bertz CT molecular complexity index is 698. The fraction of sp³-hybridized carbons (Fsp3) is 0.333. The van der Waals surface area contributed by atoms with Crippen LogP contribution >= 0.6 is 0 Å². The van der Waals surface area contributed by atoms with E-state index in [0.29, 0.717) is 13.1 Å². The quantitative estimate of drug-likeness (QED) is 0.804. The van der Waals surface area contributed by atoms with Crippen molar-refractivity contribution < 1.29 is 9.59 Å². The third kappa shape index (κ3) is 6.42. The zero-order valence-electron chi connectivity index (χ0n) is 15.0. The van der Waals surface area contributed by atoms with Gasteiger partial charge in [-0.05, 0) is 36.5 Å². The highest BCUT2D eigenvalue weighted by Gasteiger charge is 2.13. The van der Waals surface area contributed by atoms with Crippen LogP contribution in [0.1, 0.15) is 30.0 Å². The molecule has 25 heavy (non-hydrogen) atoms. The Balaban J connectivity index is 1.78. The van der Waals surface area contributed by atoms with Crippen LogP contribution in [0.15, 0.2) is 54.6 Å². The van der Waals surface area contributed by atoms with Gasteiger partial charge in [0.2, 0.25) is 11.8 Å². The maximum Gasteiger partial charge on any atom is 0.239 e. The number of hydrogen-bond acceptors (Lipinski definition) is 2. The molecule has 0 aliphatic heterocycles. The first-order chi connectivity index (χ1) is 12.1. The van der Waals surface area contributed by atoms with E-state index in [2.05, 4.69) is 17.4 Å². The standard InChI is InChI=1S/C21H26N2O2/c1-17-9-6-7-13-20(17)15-22-21(25)16-23(18(2)24)14-8-12-19-10-4-3-5-11-19/h3-7,9-11,13H,8,12,14-16H2,1-2H3,(H,22,25). The number of hydrogen-bond donors (Lipinski definition) is 1. The largest absolute Gasteiger partial charge is 0.350 e. The molecule has 2 amide bonds. The van der Waals surface area contributed by atoms with Crippen LogP contribution in [0.4, 0.5) is 0 Å². The number of nitrogens with one attached hydrogen (secondary N) is 1. The number of carbonyl (C=O) groups is 2. The van der Waals surface area contributed by atoms with Crippen LogP contribution in [0.2, 0.25) is 0 Å². The van der Waals surface area contributed by atoms with Crippen LogP contribution < -0.4 is 5.32 Å². The molecular weight excluding hydrogens is 312 g/mol. The van der Waals surface area contributed by atoms with Gasteiger partial charge in [-0.2, -0.15) is 0 Å². The highest BCUT2D eigenvalue weighted by molar-refractivity contribution is 5.83. The van der Waals surface area contributed by atoms with Crippen LogP contribution in [-0.2, 0) is 22.6 Å². The molecular formula is C21H26N2O2. The Morgan fingerprint density at radius 3 is 2.36 bits per heavy atom. The number of benzene rings is 2. The van der Waals surface area contributed by atoms with E-state index in [9.17, 15) is 9.59 Å². The van der Waals surface area contributed by atoms with Crippen LogP contribution in [0.5, 0.6) is 0 Å². The summed E-state index contributed by atoms with van der Waals surface area (Å²) in [6.07, 6.45) is 1.74. The van der Waals surface area contributed by atoms with Crippen molar-refractivity contribution in [1.82, 2.24) is 10.2 Å². The molecule has 132 valence electrons. The number of nitrogens with zero attached hydrogens (tertiary/aromatic N) is 1. The number of rotatable bonds is 8.